The van der Waals surface area contributed by atoms with Crippen molar-refractivity contribution in [3.8, 4) is 0 Å². The van der Waals surface area contributed by atoms with Crippen LogP contribution in [0.25, 0.3) is 0 Å². The fraction of sp³-hybridized carbons (Fsp3) is 0.643. The van der Waals surface area contributed by atoms with Crippen molar-refractivity contribution >= 4 is 0 Å². The minimum atomic E-state index is 0.262. The monoisotopic (exact) mass is 220 g/mol. The Labute approximate surface area is 99.5 Å². The van der Waals surface area contributed by atoms with Crippen molar-refractivity contribution in [3.63, 3.8) is 0 Å². The normalized spacial score (nSPS) is 13.8. The van der Waals surface area contributed by atoms with Gasteiger partial charge in [-0.1, -0.05) is 33.8 Å². The van der Waals surface area contributed by atoms with Crippen LogP contribution in [0.3, 0.4) is 0 Å². The summed E-state index contributed by atoms with van der Waals surface area (Å²) in [7, 11) is 0. The van der Waals surface area contributed by atoms with Crippen molar-refractivity contribution in [2.24, 2.45) is 5.41 Å². The molecule has 1 N–H and O–H groups in total. The Morgan fingerprint density at radius 3 is 2.62 bits per heavy atom. The average Bonchev–Trinajstić information content (AvgIpc) is 2.31. The third-order valence-corrected chi connectivity index (χ3v) is 3.31. The Hall–Kier alpha value is -0.890. The van der Waals surface area contributed by atoms with E-state index in [1.807, 2.05) is 18.5 Å². The molecule has 0 aliphatic rings. The highest BCUT2D eigenvalue weighted by molar-refractivity contribution is 5.16. The van der Waals surface area contributed by atoms with Crippen molar-refractivity contribution in [2.75, 3.05) is 6.54 Å². The Kier molecular flexibility index (Phi) is 4.94. The van der Waals surface area contributed by atoms with Crippen LogP contribution in [-0.2, 0) is 0 Å². The van der Waals surface area contributed by atoms with E-state index in [1.165, 1.54) is 5.56 Å². The Morgan fingerprint density at radius 1 is 1.38 bits per heavy atom. The predicted octanol–water partition coefficient (Wildman–Crippen LogP) is 3.56. The van der Waals surface area contributed by atoms with E-state index in [1.54, 1.807) is 0 Å². The standard InChI is InChI=1S/C14H24N2/c1-5-9-16-13(14(3,4)6-2)12-8-7-10-15-11-12/h7-8,10-11,13,16H,5-6,9H2,1-4H3. The van der Waals surface area contributed by atoms with Crippen molar-refractivity contribution in [1.82, 2.24) is 10.3 Å². The van der Waals surface area contributed by atoms with E-state index in [0.717, 1.165) is 19.4 Å². The molecule has 1 atom stereocenters. The molecular weight excluding hydrogens is 196 g/mol. The molecule has 0 aliphatic heterocycles. The second kappa shape index (κ2) is 6.00. The summed E-state index contributed by atoms with van der Waals surface area (Å²) in [4.78, 5) is 4.22. The second-order valence-corrected chi connectivity index (χ2v) is 5.02. The molecule has 1 heterocycles. The van der Waals surface area contributed by atoms with Gasteiger partial charge in [0, 0.05) is 18.4 Å². The van der Waals surface area contributed by atoms with Crippen molar-refractivity contribution in [2.45, 2.75) is 46.6 Å². The maximum absolute atomic E-state index is 4.22. The van der Waals surface area contributed by atoms with E-state index in [-0.39, 0.29) is 5.41 Å². The molecule has 1 aromatic rings. The van der Waals surface area contributed by atoms with Crippen molar-refractivity contribution in [3.05, 3.63) is 30.1 Å². The van der Waals surface area contributed by atoms with E-state index in [2.05, 4.69) is 44.1 Å². The summed E-state index contributed by atoms with van der Waals surface area (Å²) in [5.74, 6) is 0. The van der Waals surface area contributed by atoms with E-state index < -0.39 is 0 Å². The Bertz CT molecular complexity index is 293. The van der Waals surface area contributed by atoms with Gasteiger partial charge in [0.15, 0.2) is 0 Å². The van der Waals surface area contributed by atoms with Crippen LogP contribution in [0.1, 0.15) is 52.1 Å². The Balaban J connectivity index is 2.87. The van der Waals surface area contributed by atoms with Gasteiger partial charge in [0.1, 0.15) is 0 Å². The molecule has 1 unspecified atom stereocenters. The molecule has 0 aromatic carbocycles. The molecule has 0 bridgehead atoms. The summed E-state index contributed by atoms with van der Waals surface area (Å²) in [6, 6.07) is 4.57. The Morgan fingerprint density at radius 2 is 2.12 bits per heavy atom. The number of hydrogen-bond donors (Lipinski definition) is 1. The first-order valence-corrected chi connectivity index (χ1v) is 6.25. The van der Waals surface area contributed by atoms with Crippen LogP contribution in [-0.4, -0.2) is 11.5 Å². The first-order valence-electron chi connectivity index (χ1n) is 6.25. The zero-order valence-electron chi connectivity index (χ0n) is 11.0. The van der Waals surface area contributed by atoms with Gasteiger partial charge in [0.25, 0.3) is 0 Å². The van der Waals surface area contributed by atoms with Gasteiger partial charge < -0.3 is 5.32 Å². The summed E-state index contributed by atoms with van der Waals surface area (Å²) < 4.78 is 0. The number of rotatable bonds is 6. The lowest BCUT2D eigenvalue weighted by molar-refractivity contribution is 0.234. The van der Waals surface area contributed by atoms with Gasteiger partial charge in [-0.15, -0.1) is 0 Å². The highest BCUT2D eigenvalue weighted by Gasteiger charge is 2.28. The zero-order chi connectivity index (χ0) is 12.0. The van der Waals surface area contributed by atoms with Crippen LogP contribution >= 0.6 is 0 Å². The minimum Gasteiger partial charge on any atom is -0.309 e. The minimum absolute atomic E-state index is 0.262. The molecule has 2 nitrogen and oxygen atoms in total. The molecule has 0 amide bonds. The molecule has 0 fully saturated rings. The van der Waals surface area contributed by atoms with Crippen LogP contribution in [0.2, 0.25) is 0 Å². The number of aromatic nitrogens is 1. The zero-order valence-corrected chi connectivity index (χ0v) is 11.0. The molecule has 16 heavy (non-hydrogen) atoms. The van der Waals surface area contributed by atoms with Crippen LogP contribution in [0.15, 0.2) is 24.5 Å². The summed E-state index contributed by atoms with van der Waals surface area (Å²) in [5, 5.41) is 3.64. The van der Waals surface area contributed by atoms with Gasteiger partial charge in [-0.05, 0) is 36.4 Å². The summed E-state index contributed by atoms with van der Waals surface area (Å²) >= 11 is 0. The van der Waals surface area contributed by atoms with Gasteiger partial charge in [0.2, 0.25) is 0 Å². The molecular formula is C14H24N2. The molecule has 0 spiro atoms. The van der Waals surface area contributed by atoms with Crippen molar-refractivity contribution < 1.29 is 0 Å². The van der Waals surface area contributed by atoms with E-state index in [9.17, 15) is 0 Å². The lowest BCUT2D eigenvalue weighted by Crippen LogP contribution is -2.34. The second-order valence-electron chi connectivity index (χ2n) is 5.02. The SMILES string of the molecule is CCCNC(c1cccnc1)C(C)(C)CC. The number of nitrogens with zero attached hydrogens (tertiary/aromatic N) is 1. The van der Waals surface area contributed by atoms with Gasteiger partial charge >= 0.3 is 0 Å². The van der Waals surface area contributed by atoms with Gasteiger partial charge in [0.05, 0.1) is 0 Å². The lowest BCUT2D eigenvalue weighted by atomic mass is 9.78. The first kappa shape index (κ1) is 13.2. The highest BCUT2D eigenvalue weighted by Crippen LogP contribution is 2.35. The fourth-order valence-electron chi connectivity index (χ4n) is 1.88. The summed E-state index contributed by atoms with van der Waals surface area (Å²) in [6.07, 6.45) is 6.13. The predicted molar refractivity (Wildman–Crippen MR) is 69.3 cm³/mol. The lowest BCUT2D eigenvalue weighted by Gasteiger charge is -2.34. The van der Waals surface area contributed by atoms with Crippen LogP contribution in [0, 0.1) is 5.41 Å². The molecule has 1 rings (SSSR count). The molecule has 0 saturated heterocycles. The number of pyridine rings is 1. The van der Waals surface area contributed by atoms with Gasteiger partial charge in [-0.25, -0.2) is 0 Å². The topological polar surface area (TPSA) is 24.9 Å². The third-order valence-electron chi connectivity index (χ3n) is 3.31. The maximum Gasteiger partial charge on any atom is 0.0387 e. The fourth-order valence-corrected chi connectivity index (χ4v) is 1.88. The molecule has 0 radical (unpaired) electrons. The maximum atomic E-state index is 4.22. The summed E-state index contributed by atoms with van der Waals surface area (Å²) in [6.45, 7) is 10.1. The van der Waals surface area contributed by atoms with Crippen molar-refractivity contribution in [1.29, 1.82) is 0 Å². The van der Waals surface area contributed by atoms with E-state index >= 15 is 0 Å². The van der Waals surface area contributed by atoms with Crippen LogP contribution < -0.4 is 5.32 Å². The van der Waals surface area contributed by atoms with Crippen LogP contribution in [0.5, 0.6) is 0 Å². The third kappa shape index (κ3) is 3.31. The molecule has 2 heteroatoms. The molecule has 0 saturated carbocycles. The largest absolute Gasteiger partial charge is 0.309 e. The van der Waals surface area contributed by atoms with Gasteiger partial charge in [-0.2, -0.15) is 0 Å². The van der Waals surface area contributed by atoms with E-state index in [0.29, 0.717) is 6.04 Å². The first-order chi connectivity index (χ1) is 7.61. The highest BCUT2D eigenvalue weighted by atomic mass is 14.9. The smallest absolute Gasteiger partial charge is 0.0387 e. The van der Waals surface area contributed by atoms with Crippen LogP contribution in [0.4, 0.5) is 0 Å². The summed E-state index contributed by atoms with van der Waals surface area (Å²) in [5.41, 5.74) is 1.56. The number of nitrogens with one attached hydrogen (secondary N) is 1. The van der Waals surface area contributed by atoms with Gasteiger partial charge in [-0.3, -0.25) is 4.98 Å². The number of hydrogen-bond acceptors (Lipinski definition) is 2. The molecule has 90 valence electrons. The van der Waals surface area contributed by atoms with E-state index in [4.69, 9.17) is 0 Å². The average molecular weight is 220 g/mol. The molecule has 1 aromatic heterocycles. The quantitative estimate of drug-likeness (QED) is 0.793. The molecule has 0 aliphatic carbocycles.